The number of halogens is 1. The second-order valence-electron chi connectivity index (χ2n) is 5.86. The van der Waals surface area contributed by atoms with Crippen molar-refractivity contribution in [3.63, 3.8) is 0 Å². The molecular weight excluding hydrogens is 302 g/mol. The highest BCUT2D eigenvalue weighted by molar-refractivity contribution is 6.33. The van der Waals surface area contributed by atoms with Gasteiger partial charge in [0.1, 0.15) is 5.75 Å². The third-order valence-electron chi connectivity index (χ3n) is 4.62. The van der Waals surface area contributed by atoms with Crippen LogP contribution in [0, 0.1) is 0 Å². The second-order valence-corrected chi connectivity index (χ2v) is 6.27. The van der Waals surface area contributed by atoms with Crippen molar-refractivity contribution in [3.8, 4) is 5.75 Å². The van der Waals surface area contributed by atoms with Gasteiger partial charge >= 0.3 is 0 Å². The number of anilines is 1. The van der Waals surface area contributed by atoms with E-state index in [-0.39, 0.29) is 5.91 Å². The molecule has 1 saturated heterocycles. The van der Waals surface area contributed by atoms with Gasteiger partial charge in [0.2, 0.25) is 0 Å². The zero-order valence-corrected chi connectivity index (χ0v) is 13.6. The van der Waals surface area contributed by atoms with E-state index in [1.165, 1.54) is 6.42 Å². The molecule has 0 spiro atoms. The molecule has 0 aliphatic carbocycles. The van der Waals surface area contributed by atoms with Crippen LogP contribution in [0.5, 0.6) is 5.75 Å². The summed E-state index contributed by atoms with van der Waals surface area (Å²) in [6.07, 6.45) is 3.03. The fourth-order valence-electron chi connectivity index (χ4n) is 3.38. The number of likely N-dealkylation sites (N-methyl/N-ethyl adjacent to an activating group) is 1. The van der Waals surface area contributed by atoms with Crippen LogP contribution < -0.4 is 15.8 Å². The van der Waals surface area contributed by atoms with Gasteiger partial charge in [-0.2, -0.15) is 0 Å². The Kier molecular flexibility index (Phi) is 4.45. The van der Waals surface area contributed by atoms with E-state index in [0.29, 0.717) is 47.6 Å². The minimum atomic E-state index is -0.136. The maximum absolute atomic E-state index is 12.5. The number of rotatable bonds is 4. The van der Waals surface area contributed by atoms with Crippen molar-refractivity contribution in [2.45, 2.75) is 32.2 Å². The van der Waals surface area contributed by atoms with E-state index in [2.05, 4.69) is 17.1 Å². The van der Waals surface area contributed by atoms with Gasteiger partial charge in [-0.15, -0.1) is 0 Å². The van der Waals surface area contributed by atoms with Crippen LogP contribution in [0.4, 0.5) is 5.69 Å². The zero-order valence-electron chi connectivity index (χ0n) is 12.8. The second kappa shape index (κ2) is 6.34. The van der Waals surface area contributed by atoms with Crippen LogP contribution in [-0.4, -0.2) is 43.1 Å². The maximum atomic E-state index is 12.5. The third-order valence-corrected chi connectivity index (χ3v) is 4.93. The topological polar surface area (TPSA) is 67.6 Å². The number of carbonyl (C=O) groups excluding carboxylic acids is 1. The number of ether oxygens (including phenoxy) is 1. The summed E-state index contributed by atoms with van der Waals surface area (Å²) >= 11 is 6.15. The van der Waals surface area contributed by atoms with E-state index in [4.69, 9.17) is 22.1 Å². The molecule has 1 aromatic carbocycles. The molecule has 0 radical (unpaired) electrons. The Balaban J connectivity index is 1.73. The van der Waals surface area contributed by atoms with Gasteiger partial charge in [-0.05, 0) is 32.0 Å². The van der Waals surface area contributed by atoms with Crippen molar-refractivity contribution < 1.29 is 9.53 Å². The minimum Gasteiger partial charge on any atom is -0.492 e. The van der Waals surface area contributed by atoms with E-state index in [1.807, 2.05) is 0 Å². The van der Waals surface area contributed by atoms with Gasteiger partial charge in [-0.25, -0.2) is 0 Å². The minimum absolute atomic E-state index is 0.136. The normalized spacial score (nSPS) is 20.7. The molecule has 2 aliphatic rings. The van der Waals surface area contributed by atoms with Gasteiger partial charge in [0.15, 0.2) is 0 Å². The number of nitrogens with two attached hydrogens (primary N) is 1. The number of hydrogen-bond acceptors (Lipinski definition) is 4. The first-order chi connectivity index (χ1) is 10.6. The number of benzene rings is 1. The molecule has 3 N–H and O–H groups in total. The first kappa shape index (κ1) is 15.4. The van der Waals surface area contributed by atoms with E-state index >= 15 is 0 Å². The number of amides is 1. The van der Waals surface area contributed by atoms with Crippen LogP contribution >= 0.6 is 11.6 Å². The van der Waals surface area contributed by atoms with E-state index in [1.54, 1.807) is 6.07 Å². The van der Waals surface area contributed by atoms with Crippen LogP contribution in [0.2, 0.25) is 5.02 Å². The van der Waals surface area contributed by atoms with Crippen molar-refractivity contribution in [2.75, 3.05) is 32.0 Å². The summed E-state index contributed by atoms with van der Waals surface area (Å²) in [7, 11) is 0. The molecule has 1 unspecified atom stereocenters. The Morgan fingerprint density at radius 2 is 2.41 bits per heavy atom. The lowest BCUT2D eigenvalue weighted by Crippen LogP contribution is -2.40. The van der Waals surface area contributed by atoms with Crippen LogP contribution in [0.25, 0.3) is 0 Å². The number of nitrogens with one attached hydrogen (secondary N) is 1. The molecule has 1 amide bonds. The van der Waals surface area contributed by atoms with Crippen LogP contribution in [-0.2, 0) is 6.42 Å². The summed E-state index contributed by atoms with van der Waals surface area (Å²) in [5.74, 6) is 0.459. The number of carbonyl (C=O) groups is 1. The predicted molar refractivity (Wildman–Crippen MR) is 87.7 cm³/mol. The fraction of sp³-hybridized carbons (Fsp3) is 0.562. The summed E-state index contributed by atoms with van der Waals surface area (Å²) in [5, 5.41) is 3.44. The molecule has 22 heavy (non-hydrogen) atoms. The molecule has 1 atom stereocenters. The zero-order chi connectivity index (χ0) is 15.7. The van der Waals surface area contributed by atoms with Crippen LogP contribution in [0.1, 0.15) is 35.7 Å². The largest absolute Gasteiger partial charge is 0.492 e. The Bertz CT molecular complexity index is 591. The molecule has 0 aromatic heterocycles. The first-order valence-electron chi connectivity index (χ1n) is 7.87. The average molecular weight is 324 g/mol. The van der Waals surface area contributed by atoms with Gasteiger partial charge in [-0.1, -0.05) is 18.5 Å². The van der Waals surface area contributed by atoms with E-state index in [9.17, 15) is 4.79 Å². The van der Waals surface area contributed by atoms with Gasteiger partial charge < -0.3 is 15.8 Å². The predicted octanol–water partition coefficient (Wildman–Crippen LogP) is 2.07. The summed E-state index contributed by atoms with van der Waals surface area (Å²) < 4.78 is 5.59. The molecule has 6 heteroatoms. The van der Waals surface area contributed by atoms with Crippen molar-refractivity contribution >= 4 is 23.2 Å². The number of nitrogen functional groups attached to an aromatic ring is 1. The van der Waals surface area contributed by atoms with Gasteiger partial charge in [-0.3, -0.25) is 9.69 Å². The highest BCUT2D eigenvalue weighted by Crippen LogP contribution is 2.38. The van der Waals surface area contributed by atoms with Gasteiger partial charge in [0.05, 0.1) is 22.9 Å². The lowest BCUT2D eigenvalue weighted by molar-refractivity contribution is 0.0938. The Labute approximate surface area is 135 Å². The maximum Gasteiger partial charge on any atom is 0.255 e. The van der Waals surface area contributed by atoms with Crippen molar-refractivity contribution in [2.24, 2.45) is 0 Å². The average Bonchev–Trinajstić information content (AvgIpc) is 3.16. The molecular formula is C16H22ClN3O2. The monoisotopic (exact) mass is 323 g/mol. The number of nitrogens with zero attached hydrogens (tertiary/aromatic N) is 1. The fourth-order valence-corrected chi connectivity index (χ4v) is 3.61. The number of likely N-dealkylation sites (tertiary alicyclic amines) is 1. The SMILES string of the molecule is CCN1CCCC1CNC(=O)c1cc(Cl)c(N)c2c1OCC2. The molecule has 3 rings (SSSR count). The Morgan fingerprint density at radius 1 is 1.59 bits per heavy atom. The standard InChI is InChI=1S/C16H22ClN3O2/c1-2-20-6-3-4-10(20)9-19-16(21)12-8-13(17)14(18)11-5-7-22-15(11)12/h8,10H,2-7,9,18H2,1H3,(H,19,21). The lowest BCUT2D eigenvalue weighted by atomic mass is 10.0. The highest BCUT2D eigenvalue weighted by Gasteiger charge is 2.27. The Hall–Kier alpha value is -1.46. The first-order valence-corrected chi connectivity index (χ1v) is 8.25. The van der Waals surface area contributed by atoms with E-state index < -0.39 is 0 Å². The van der Waals surface area contributed by atoms with Crippen molar-refractivity contribution in [1.29, 1.82) is 0 Å². The Morgan fingerprint density at radius 3 is 3.18 bits per heavy atom. The molecule has 1 aromatic rings. The molecule has 120 valence electrons. The molecule has 0 bridgehead atoms. The number of hydrogen-bond donors (Lipinski definition) is 2. The molecule has 5 nitrogen and oxygen atoms in total. The summed E-state index contributed by atoms with van der Waals surface area (Å²) in [5.41, 5.74) is 7.84. The lowest BCUT2D eigenvalue weighted by Gasteiger charge is -2.23. The molecule has 2 aliphatic heterocycles. The van der Waals surface area contributed by atoms with Crippen LogP contribution in [0.3, 0.4) is 0 Å². The smallest absolute Gasteiger partial charge is 0.255 e. The summed E-state index contributed by atoms with van der Waals surface area (Å²) in [4.78, 5) is 14.9. The summed E-state index contributed by atoms with van der Waals surface area (Å²) in [6.45, 7) is 5.49. The number of fused-ring (bicyclic) bond motifs is 1. The molecule has 1 fully saturated rings. The molecule has 2 heterocycles. The molecule has 0 saturated carbocycles. The van der Waals surface area contributed by atoms with Crippen molar-refractivity contribution in [3.05, 3.63) is 22.2 Å². The van der Waals surface area contributed by atoms with E-state index in [0.717, 1.165) is 25.1 Å². The van der Waals surface area contributed by atoms with Gasteiger partial charge in [0, 0.05) is 24.6 Å². The van der Waals surface area contributed by atoms with Crippen molar-refractivity contribution in [1.82, 2.24) is 10.2 Å². The van der Waals surface area contributed by atoms with Gasteiger partial charge in [0.25, 0.3) is 5.91 Å². The van der Waals surface area contributed by atoms with Crippen LogP contribution in [0.15, 0.2) is 6.07 Å². The summed E-state index contributed by atoms with van der Waals surface area (Å²) in [6, 6.07) is 2.04. The quantitative estimate of drug-likeness (QED) is 0.832. The highest BCUT2D eigenvalue weighted by atomic mass is 35.5. The third kappa shape index (κ3) is 2.75.